The van der Waals surface area contributed by atoms with Gasteiger partial charge in [-0.1, -0.05) is 92.9 Å². The minimum atomic E-state index is 0.218. The number of rotatable bonds is 17. The lowest BCUT2D eigenvalue weighted by molar-refractivity contribution is 0.0125. The summed E-state index contributed by atoms with van der Waals surface area (Å²) in [5.74, 6) is 1.58. The van der Waals surface area contributed by atoms with E-state index in [2.05, 4.69) is 37.3 Å². The van der Waals surface area contributed by atoms with Gasteiger partial charge < -0.3 is 18.9 Å². The molecule has 0 heterocycles. The molecule has 3 aromatic carbocycles. The van der Waals surface area contributed by atoms with Crippen LogP contribution in [0.25, 0.3) is 0 Å². The lowest BCUT2D eigenvalue weighted by Crippen LogP contribution is -2.09. The van der Waals surface area contributed by atoms with Crippen molar-refractivity contribution in [3.8, 4) is 11.5 Å². The van der Waals surface area contributed by atoms with E-state index in [9.17, 15) is 0 Å². The molecule has 0 saturated heterocycles. The maximum absolute atomic E-state index is 6.02. The van der Waals surface area contributed by atoms with Gasteiger partial charge in [-0.25, -0.2) is 0 Å². The summed E-state index contributed by atoms with van der Waals surface area (Å²) in [6.07, 6.45) is 7.62. The van der Waals surface area contributed by atoms with E-state index in [1.165, 1.54) is 36.0 Å². The first-order valence-corrected chi connectivity index (χ1v) is 12.5. The standard InChI is InChI=1S/C30H38O4/c1-2-3-4-11-16-28-17-18-29(33-24-31-21-19-26-12-7-5-8-13-26)23-30(28)34-25-32-22-20-27-14-9-6-10-15-27/h5-10,12-15,17-18,23H,2-4,11,16,19-22,24-25H2,1H3. The monoisotopic (exact) mass is 462 g/mol. The molecule has 0 radical (unpaired) electrons. The van der Waals surface area contributed by atoms with Crippen LogP contribution >= 0.6 is 0 Å². The average Bonchev–Trinajstić information content (AvgIpc) is 2.88. The lowest BCUT2D eigenvalue weighted by atomic mass is 10.1. The highest BCUT2D eigenvalue weighted by molar-refractivity contribution is 5.40. The van der Waals surface area contributed by atoms with Crippen molar-refractivity contribution in [1.82, 2.24) is 0 Å². The van der Waals surface area contributed by atoms with Crippen LogP contribution in [0.2, 0.25) is 0 Å². The van der Waals surface area contributed by atoms with Crippen molar-refractivity contribution >= 4 is 0 Å². The van der Waals surface area contributed by atoms with Gasteiger partial charge in [-0.05, 0) is 48.4 Å². The summed E-state index contributed by atoms with van der Waals surface area (Å²) in [6, 6.07) is 26.7. The summed E-state index contributed by atoms with van der Waals surface area (Å²) in [5, 5.41) is 0. The number of hydrogen-bond acceptors (Lipinski definition) is 4. The van der Waals surface area contributed by atoms with E-state index in [0.29, 0.717) is 13.2 Å². The predicted molar refractivity (Wildman–Crippen MR) is 137 cm³/mol. The third-order valence-electron chi connectivity index (χ3n) is 5.70. The van der Waals surface area contributed by atoms with Crippen molar-refractivity contribution < 1.29 is 18.9 Å². The first-order valence-electron chi connectivity index (χ1n) is 12.5. The summed E-state index contributed by atoms with van der Waals surface area (Å²) in [6.45, 7) is 3.93. The first-order chi connectivity index (χ1) is 16.8. The van der Waals surface area contributed by atoms with Crippen LogP contribution in [-0.2, 0) is 28.7 Å². The fourth-order valence-electron chi connectivity index (χ4n) is 3.71. The summed E-state index contributed by atoms with van der Waals surface area (Å²) < 4.78 is 23.3. The Morgan fingerprint density at radius 1 is 0.588 bits per heavy atom. The van der Waals surface area contributed by atoms with Crippen LogP contribution in [0, 0.1) is 0 Å². The summed E-state index contributed by atoms with van der Waals surface area (Å²) in [5.41, 5.74) is 3.72. The normalized spacial score (nSPS) is 10.9. The van der Waals surface area contributed by atoms with E-state index in [1.54, 1.807) is 0 Å². The Hall–Kier alpha value is -2.82. The van der Waals surface area contributed by atoms with Crippen LogP contribution in [0.5, 0.6) is 11.5 Å². The maximum atomic E-state index is 6.02. The van der Waals surface area contributed by atoms with Crippen LogP contribution < -0.4 is 9.47 Å². The topological polar surface area (TPSA) is 36.9 Å². The van der Waals surface area contributed by atoms with E-state index < -0.39 is 0 Å². The molecule has 0 spiro atoms. The first kappa shape index (κ1) is 25.8. The third kappa shape index (κ3) is 9.98. The summed E-state index contributed by atoms with van der Waals surface area (Å²) in [4.78, 5) is 0. The molecule has 0 aliphatic carbocycles. The molecule has 0 atom stereocenters. The fourth-order valence-corrected chi connectivity index (χ4v) is 3.71. The second-order valence-corrected chi connectivity index (χ2v) is 8.39. The molecule has 0 N–H and O–H groups in total. The van der Waals surface area contributed by atoms with Crippen molar-refractivity contribution in [2.24, 2.45) is 0 Å². The lowest BCUT2D eigenvalue weighted by Gasteiger charge is -2.14. The van der Waals surface area contributed by atoms with E-state index in [4.69, 9.17) is 18.9 Å². The van der Waals surface area contributed by atoms with Gasteiger partial charge in [0.2, 0.25) is 0 Å². The van der Waals surface area contributed by atoms with Crippen molar-refractivity contribution in [3.63, 3.8) is 0 Å². The van der Waals surface area contributed by atoms with Gasteiger partial charge in [0.15, 0.2) is 13.6 Å². The van der Waals surface area contributed by atoms with Crippen LogP contribution in [-0.4, -0.2) is 26.8 Å². The Morgan fingerprint density at radius 2 is 1.21 bits per heavy atom. The molecule has 4 nitrogen and oxygen atoms in total. The van der Waals surface area contributed by atoms with Gasteiger partial charge in [0.05, 0.1) is 13.2 Å². The molecule has 4 heteroatoms. The summed E-state index contributed by atoms with van der Waals surface area (Å²) in [7, 11) is 0. The molecule has 34 heavy (non-hydrogen) atoms. The number of ether oxygens (including phenoxy) is 4. The van der Waals surface area contributed by atoms with Gasteiger partial charge in [0.1, 0.15) is 11.5 Å². The smallest absolute Gasteiger partial charge is 0.189 e. The largest absolute Gasteiger partial charge is 0.467 e. The predicted octanol–water partition coefficient (Wildman–Crippen LogP) is 7.00. The molecule has 3 aromatic rings. The number of hydrogen-bond donors (Lipinski definition) is 0. The van der Waals surface area contributed by atoms with Gasteiger partial charge in [0, 0.05) is 6.07 Å². The Balaban J connectivity index is 1.45. The highest BCUT2D eigenvalue weighted by Crippen LogP contribution is 2.27. The van der Waals surface area contributed by atoms with Gasteiger partial charge in [-0.3, -0.25) is 0 Å². The molecule has 0 saturated carbocycles. The Kier molecular flexibility index (Phi) is 12.1. The van der Waals surface area contributed by atoms with Crippen LogP contribution in [0.15, 0.2) is 78.9 Å². The van der Waals surface area contributed by atoms with Crippen molar-refractivity contribution in [3.05, 3.63) is 95.6 Å². The van der Waals surface area contributed by atoms with Crippen molar-refractivity contribution in [2.45, 2.75) is 51.9 Å². The molecule has 0 unspecified atom stereocenters. The van der Waals surface area contributed by atoms with E-state index in [-0.39, 0.29) is 13.6 Å². The van der Waals surface area contributed by atoms with Gasteiger partial charge in [0.25, 0.3) is 0 Å². The third-order valence-corrected chi connectivity index (χ3v) is 5.70. The fraction of sp³-hybridized carbons (Fsp3) is 0.400. The maximum Gasteiger partial charge on any atom is 0.189 e. The van der Waals surface area contributed by atoms with Crippen LogP contribution in [0.4, 0.5) is 0 Å². The quantitative estimate of drug-likeness (QED) is 0.160. The molecule has 0 aromatic heterocycles. The number of unbranched alkanes of at least 4 members (excludes halogenated alkanes) is 3. The second kappa shape index (κ2) is 15.9. The molecule has 0 aliphatic rings. The second-order valence-electron chi connectivity index (χ2n) is 8.39. The molecule has 182 valence electrons. The van der Waals surface area contributed by atoms with Gasteiger partial charge in [-0.2, -0.15) is 0 Å². The zero-order valence-corrected chi connectivity index (χ0v) is 20.4. The van der Waals surface area contributed by atoms with Crippen molar-refractivity contribution in [2.75, 3.05) is 26.8 Å². The van der Waals surface area contributed by atoms with E-state index >= 15 is 0 Å². The minimum Gasteiger partial charge on any atom is -0.467 e. The SMILES string of the molecule is CCCCCCc1ccc(OCOCCc2ccccc2)cc1OCOCCc1ccccc1. The molecule has 0 fully saturated rings. The summed E-state index contributed by atoms with van der Waals surface area (Å²) >= 11 is 0. The average molecular weight is 463 g/mol. The van der Waals surface area contributed by atoms with Gasteiger partial charge in [-0.15, -0.1) is 0 Å². The zero-order valence-electron chi connectivity index (χ0n) is 20.4. The molecular weight excluding hydrogens is 424 g/mol. The van der Waals surface area contributed by atoms with Crippen LogP contribution in [0.1, 0.15) is 49.3 Å². The number of benzene rings is 3. The molecule has 3 rings (SSSR count). The van der Waals surface area contributed by atoms with E-state index in [0.717, 1.165) is 37.2 Å². The Labute approximate surface area is 204 Å². The molecular formula is C30H38O4. The van der Waals surface area contributed by atoms with Crippen molar-refractivity contribution in [1.29, 1.82) is 0 Å². The van der Waals surface area contributed by atoms with Crippen LogP contribution in [0.3, 0.4) is 0 Å². The molecule has 0 bridgehead atoms. The zero-order chi connectivity index (χ0) is 23.7. The number of aryl methyl sites for hydroxylation is 1. The Bertz CT molecular complexity index is 912. The van der Waals surface area contributed by atoms with Gasteiger partial charge >= 0.3 is 0 Å². The highest BCUT2D eigenvalue weighted by atomic mass is 16.7. The highest BCUT2D eigenvalue weighted by Gasteiger charge is 2.07. The minimum absolute atomic E-state index is 0.218. The Morgan fingerprint density at radius 3 is 1.82 bits per heavy atom. The van der Waals surface area contributed by atoms with E-state index in [1.807, 2.05) is 48.5 Å². The molecule has 0 amide bonds. The molecule has 0 aliphatic heterocycles.